The minimum absolute atomic E-state index is 0.155. The van der Waals surface area contributed by atoms with Crippen LogP contribution in [0.15, 0.2) is 23.4 Å². The van der Waals surface area contributed by atoms with Gasteiger partial charge >= 0.3 is 0 Å². The first-order valence-electron chi connectivity index (χ1n) is 8.41. The van der Waals surface area contributed by atoms with Gasteiger partial charge in [-0.2, -0.15) is 0 Å². The molecule has 140 valence electrons. The molecule has 6 nitrogen and oxygen atoms in total. The van der Waals surface area contributed by atoms with E-state index in [9.17, 15) is 4.79 Å². The Kier molecular flexibility index (Phi) is 6.80. The van der Waals surface area contributed by atoms with Crippen molar-refractivity contribution in [3.05, 3.63) is 39.6 Å². The first-order chi connectivity index (χ1) is 12.5. The van der Waals surface area contributed by atoms with E-state index >= 15 is 0 Å². The first-order valence-corrected chi connectivity index (χ1v) is 10.2. The standard InChI is InChI=1S/C17H20Cl2N4O2S/c18-13-4-3-11(8-14(13)19)10-26-17-22-21-16(6-5-15(20)24)23(17)9-12-2-1-7-25-12/h3-4,8,12H,1-2,5-7,9-10H2,(H2,20,24)/t12-/m1/s1. The second kappa shape index (κ2) is 9.08. The predicted octanol–water partition coefficient (Wildman–Crippen LogP) is 3.47. The van der Waals surface area contributed by atoms with Crippen molar-refractivity contribution in [1.82, 2.24) is 14.8 Å². The highest BCUT2D eigenvalue weighted by Gasteiger charge is 2.21. The SMILES string of the molecule is NC(=O)CCc1nnc(SCc2ccc(Cl)c(Cl)c2)n1C[C@H]1CCCO1. The molecule has 0 aliphatic carbocycles. The molecular weight excluding hydrogens is 395 g/mol. The third-order valence-electron chi connectivity index (χ3n) is 4.15. The highest BCUT2D eigenvalue weighted by Crippen LogP contribution is 2.28. The Labute approximate surface area is 166 Å². The van der Waals surface area contributed by atoms with Crippen LogP contribution in [-0.2, 0) is 28.2 Å². The van der Waals surface area contributed by atoms with Gasteiger partial charge in [0.2, 0.25) is 5.91 Å². The number of amides is 1. The number of nitrogens with two attached hydrogens (primary N) is 1. The summed E-state index contributed by atoms with van der Waals surface area (Å²) in [5.41, 5.74) is 6.32. The largest absolute Gasteiger partial charge is 0.376 e. The van der Waals surface area contributed by atoms with Crippen LogP contribution in [0, 0.1) is 0 Å². The van der Waals surface area contributed by atoms with E-state index in [1.54, 1.807) is 17.8 Å². The van der Waals surface area contributed by atoms with E-state index in [0.717, 1.165) is 36.0 Å². The lowest BCUT2D eigenvalue weighted by Crippen LogP contribution is -2.19. The topological polar surface area (TPSA) is 83.0 Å². The molecule has 1 saturated heterocycles. The summed E-state index contributed by atoms with van der Waals surface area (Å²) in [6.45, 7) is 1.47. The van der Waals surface area contributed by atoms with E-state index < -0.39 is 0 Å². The van der Waals surface area contributed by atoms with Crippen molar-refractivity contribution in [2.45, 2.75) is 49.2 Å². The lowest BCUT2D eigenvalue weighted by Gasteiger charge is -2.14. The summed E-state index contributed by atoms with van der Waals surface area (Å²) >= 11 is 13.6. The van der Waals surface area contributed by atoms with Crippen LogP contribution >= 0.6 is 35.0 Å². The molecule has 0 unspecified atom stereocenters. The molecule has 1 amide bonds. The maximum Gasteiger partial charge on any atom is 0.217 e. The molecule has 1 aliphatic heterocycles. The van der Waals surface area contributed by atoms with Gasteiger partial charge in [0.1, 0.15) is 5.82 Å². The molecule has 9 heteroatoms. The van der Waals surface area contributed by atoms with Gasteiger partial charge in [-0.15, -0.1) is 10.2 Å². The highest BCUT2D eigenvalue weighted by atomic mass is 35.5. The molecule has 1 aliphatic rings. The summed E-state index contributed by atoms with van der Waals surface area (Å²) < 4.78 is 7.79. The van der Waals surface area contributed by atoms with Gasteiger partial charge in [-0.1, -0.05) is 41.0 Å². The van der Waals surface area contributed by atoms with Crippen molar-refractivity contribution in [2.24, 2.45) is 5.73 Å². The molecule has 0 radical (unpaired) electrons. The fourth-order valence-corrected chi connectivity index (χ4v) is 4.03. The number of hydrogen-bond acceptors (Lipinski definition) is 5. The van der Waals surface area contributed by atoms with Crippen LogP contribution in [0.1, 0.15) is 30.7 Å². The van der Waals surface area contributed by atoms with Crippen molar-refractivity contribution >= 4 is 40.9 Å². The number of benzene rings is 1. The normalized spacial score (nSPS) is 16.9. The molecule has 1 aromatic carbocycles. The fraction of sp³-hybridized carbons (Fsp3) is 0.471. The first kappa shape index (κ1) is 19.5. The van der Waals surface area contributed by atoms with Crippen LogP contribution in [0.3, 0.4) is 0 Å². The molecule has 0 bridgehead atoms. The number of aryl methyl sites for hydroxylation is 1. The zero-order valence-corrected chi connectivity index (χ0v) is 16.5. The number of aromatic nitrogens is 3. The van der Waals surface area contributed by atoms with Gasteiger partial charge < -0.3 is 15.0 Å². The van der Waals surface area contributed by atoms with Gasteiger partial charge in [0.05, 0.1) is 22.7 Å². The zero-order valence-electron chi connectivity index (χ0n) is 14.2. The summed E-state index contributed by atoms with van der Waals surface area (Å²) in [6.07, 6.45) is 2.96. The zero-order chi connectivity index (χ0) is 18.5. The Morgan fingerprint density at radius 2 is 2.19 bits per heavy atom. The number of primary amides is 1. The lowest BCUT2D eigenvalue weighted by atomic mass is 10.2. The summed E-state index contributed by atoms with van der Waals surface area (Å²) in [7, 11) is 0. The van der Waals surface area contributed by atoms with Gasteiger partial charge in [0, 0.05) is 25.2 Å². The number of ether oxygens (including phenoxy) is 1. The van der Waals surface area contributed by atoms with E-state index in [4.69, 9.17) is 33.7 Å². The van der Waals surface area contributed by atoms with E-state index in [-0.39, 0.29) is 18.4 Å². The lowest BCUT2D eigenvalue weighted by molar-refractivity contribution is -0.118. The second-order valence-corrected chi connectivity index (χ2v) is 7.90. The Balaban J connectivity index is 1.73. The van der Waals surface area contributed by atoms with E-state index in [2.05, 4.69) is 10.2 Å². The van der Waals surface area contributed by atoms with Gasteiger partial charge in [0.15, 0.2) is 5.16 Å². The van der Waals surface area contributed by atoms with Crippen LogP contribution in [-0.4, -0.2) is 33.4 Å². The highest BCUT2D eigenvalue weighted by molar-refractivity contribution is 7.98. The van der Waals surface area contributed by atoms with Crippen LogP contribution in [0.2, 0.25) is 10.0 Å². The Morgan fingerprint density at radius 3 is 2.88 bits per heavy atom. The van der Waals surface area contributed by atoms with Gasteiger partial charge in [-0.25, -0.2) is 0 Å². The second-order valence-electron chi connectivity index (χ2n) is 6.15. The third-order valence-corrected chi connectivity index (χ3v) is 5.93. The molecule has 3 rings (SSSR count). The molecule has 0 saturated carbocycles. The molecule has 26 heavy (non-hydrogen) atoms. The average molecular weight is 415 g/mol. The number of halogens is 2. The molecular formula is C17H20Cl2N4O2S. The minimum Gasteiger partial charge on any atom is -0.376 e. The molecule has 0 spiro atoms. The molecule has 1 atom stereocenters. The monoisotopic (exact) mass is 414 g/mol. The maximum atomic E-state index is 11.1. The van der Waals surface area contributed by atoms with Gasteiger partial charge in [0.25, 0.3) is 0 Å². The minimum atomic E-state index is -0.346. The molecule has 2 N–H and O–H groups in total. The third kappa shape index (κ3) is 5.13. The summed E-state index contributed by atoms with van der Waals surface area (Å²) in [5.74, 6) is 1.11. The van der Waals surface area contributed by atoms with E-state index in [1.807, 2.05) is 16.7 Å². The predicted molar refractivity (Wildman–Crippen MR) is 103 cm³/mol. The Morgan fingerprint density at radius 1 is 1.35 bits per heavy atom. The van der Waals surface area contributed by atoms with Gasteiger partial charge in [-0.05, 0) is 30.5 Å². The Bertz CT molecular complexity index is 778. The summed E-state index contributed by atoms with van der Waals surface area (Å²) in [6, 6.07) is 5.58. The fourth-order valence-electron chi connectivity index (χ4n) is 2.80. The molecule has 2 aromatic rings. The number of hydrogen-bond donors (Lipinski definition) is 1. The van der Waals surface area contributed by atoms with Crippen molar-refractivity contribution in [3.8, 4) is 0 Å². The van der Waals surface area contributed by atoms with Gasteiger partial charge in [-0.3, -0.25) is 4.79 Å². The molecule has 1 aromatic heterocycles. The van der Waals surface area contributed by atoms with Crippen molar-refractivity contribution in [2.75, 3.05) is 6.61 Å². The van der Waals surface area contributed by atoms with E-state index in [0.29, 0.717) is 28.8 Å². The van der Waals surface area contributed by atoms with Crippen molar-refractivity contribution in [1.29, 1.82) is 0 Å². The van der Waals surface area contributed by atoms with Crippen molar-refractivity contribution in [3.63, 3.8) is 0 Å². The van der Waals surface area contributed by atoms with Crippen LogP contribution < -0.4 is 5.73 Å². The van der Waals surface area contributed by atoms with E-state index in [1.165, 1.54) is 0 Å². The maximum absolute atomic E-state index is 11.1. The van der Waals surface area contributed by atoms with Crippen molar-refractivity contribution < 1.29 is 9.53 Å². The number of thioether (sulfide) groups is 1. The number of carbonyl (C=O) groups is 1. The Hall–Kier alpha value is -1.28. The van der Waals surface area contributed by atoms with Crippen LogP contribution in [0.5, 0.6) is 0 Å². The summed E-state index contributed by atoms with van der Waals surface area (Å²) in [4.78, 5) is 11.1. The number of rotatable bonds is 8. The van der Waals surface area contributed by atoms with Crippen LogP contribution in [0.25, 0.3) is 0 Å². The molecule has 2 heterocycles. The smallest absolute Gasteiger partial charge is 0.217 e. The average Bonchev–Trinajstić information content (AvgIpc) is 3.25. The number of carbonyl (C=O) groups excluding carboxylic acids is 1. The number of nitrogens with zero attached hydrogens (tertiary/aromatic N) is 3. The molecule has 1 fully saturated rings. The van der Waals surface area contributed by atoms with Crippen LogP contribution in [0.4, 0.5) is 0 Å². The quantitative estimate of drug-likeness (QED) is 0.668. The summed E-state index contributed by atoms with van der Waals surface area (Å²) in [5, 5.41) is 10.4.